The first kappa shape index (κ1) is 48.8. The third kappa shape index (κ3) is 42.1. The van der Waals surface area contributed by atoms with Gasteiger partial charge in [0.15, 0.2) is 0 Å². The van der Waals surface area contributed by atoms with Gasteiger partial charge in [-0.1, -0.05) is 165 Å². The first-order chi connectivity index (χ1) is 24.8. The number of aliphatic hydroxyl groups excluding tert-OH is 2. The van der Waals surface area contributed by atoms with Crippen molar-refractivity contribution in [1.29, 1.82) is 0 Å². The number of esters is 2. The first-order valence-electron chi connectivity index (χ1n) is 21.1. The molecule has 0 spiro atoms. The van der Waals surface area contributed by atoms with E-state index in [1.165, 1.54) is 89.9 Å². The van der Waals surface area contributed by atoms with Crippen LogP contribution in [0.25, 0.3) is 0 Å². The summed E-state index contributed by atoms with van der Waals surface area (Å²) in [4.78, 5) is 24.0. The molecule has 0 heterocycles. The Balaban J connectivity index is 3.50. The molecule has 0 aliphatic heterocycles. The summed E-state index contributed by atoms with van der Waals surface area (Å²) >= 11 is 0. The lowest BCUT2D eigenvalue weighted by molar-refractivity contribution is -0.152. The molecule has 0 saturated heterocycles. The van der Waals surface area contributed by atoms with Crippen LogP contribution in [-0.2, 0) is 19.1 Å². The molecule has 6 nitrogen and oxygen atoms in total. The van der Waals surface area contributed by atoms with Crippen LogP contribution < -0.4 is 0 Å². The van der Waals surface area contributed by atoms with E-state index in [1.54, 1.807) is 0 Å². The molecule has 0 fully saturated rings. The molecule has 0 aliphatic carbocycles. The second-order valence-corrected chi connectivity index (χ2v) is 14.9. The van der Waals surface area contributed by atoms with Crippen LogP contribution in [-0.4, -0.2) is 47.6 Å². The molecule has 0 rings (SSSR count). The molecule has 0 aliphatic rings. The van der Waals surface area contributed by atoms with E-state index in [1.807, 2.05) is 6.92 Å². The van der Waals surface area contributed by atoms with Gasteiger partial charge in [0.1, 0.15) is 19.3 Å². The van der Waals surface area contributed by atoms with Gasteiger partial charge in [0.05, 0.1) is 6.10 Å². The van der Waals surface area contributed by atoms with Gasteiger partial charge in [-0.3, -0.25) is 9.59 Å². The first-order valence-corrected chi connectivity index (χ1v) is 21.1. The fourth-order valence-corrected chi connectivity index (χ4v) is 5.81. The zero-order chi connectivity index (χ0) is 37.5. The summed E-state index contributed by atoms with van der Waals surface area (Å²) in [7, 11) is 0. The molecular formula is C45H80O6. The van der Waals surface area contributed by atoms with E-state index in [4.69, 9.17) is 9.47 Å². The lowest BCUT2D eigenvalue weighted by atomic mass is 10.0. The molecule has 0 amide bonds. The Morgan fingerprint density at radius 3 is 1.22 bits per heavy atom. The Labute approximate surface area is 314 Å². The van der Waals surface area contributed by atoms with Crippen LogP contribution in [0, 0.1) is 5.92 Å². The number of aliphatic hydroxyl groups is 2. The van der Waals surface area contributed by atoms with Crippen LogP contribution >= 0.6 is 0 Å². The van der Waals surface area contributed by atoms with Crippen LogP contribution in [0.15, 0.2) is 48.6 Å². The highest BCUT2D eigenvalue weighted by atomic mass is 16.6. The summed E-state index contributed by atoms with van der Waals surface area (Å²) < 4.78 is 10.3. The number of allylic oxidation sites excluding steroid dienone is 8. The quantitative estimate of drug-likeness (QED) is 0.0378. The van der Waals surface area contributed by atoms with E-state index in [-0.39, 0.29) is 31.3 Å². The zero-order valence-corrected chi connectivity index (χ0v) is 33.4. The molecule has 0 radical (unpaired) electrons. The Kier molecular flexibility index (Phi) is 37.4. The Morgan fingerprint density at radius 2 is 0.804 bits per heavy atom. The average molecular weight is 717 g/mol. The third-order valence-corrected chi connectivity index (χ3v) is 9.01. The van der Waals surface area contributed by atoms with Crippen LogP contribution in [0.2, 0.25) is 0 Å². The topological polar surface area (TPSA) is 93.1 Å². The van der Waals surface area contributed by atoms with Crippen LogP contribution in [0.4, 0.5) is 0 Å². The predicted molar refractivity (Wildman–Crippen MR) is 216 cm³/mol. The molecule has 296 valence electrons. The van der Waals surface area contributed by atoms with Gasteiger partial charge in [0.25, 0.3) is 0 Å². The lowest BCUT2D eigenvalue weighted by Crippen LogP contribution is -2.25. The van der Waals surface area contributed by atoms with Crippen molar-refractivity contribution in [3.05, 3.63) is 48.6 Å². The monoisotopic (exact) mass is 717 g/mol. The summed E-state index contributed by atoms with van der Waals surface area (Å²) in [6, 6.07) is 0. The van der Waals surface area contributed by atoms with Crippen LogP contribution in [0.3, 0.4) is 0 Å². The smallest absolute Gasteiger partial charge is 0.305 e. The molecule has 2 atom stereocenters. The van der Waals surface area contributed by atoms with Gasteiger partial charge in [-0.2, -0.15) is 0 Å². The molecule has 0 aromatic heterocycles. The number of ether oxygens (including phenoxy) is 2. The van der Waals surface area contributed by atoms with Gasteiger partial charge in [-0.25, -0.2) is 0 Å². The van der Waals surface area contributed by atoms with Crippen molar-refractivity contribution in [2.75, 3.05) is 13.2 Å². The normalized spacial score (nSPS) is 13.4. The summed E-state index contributed by atoms with van der Waals surface area (Å²) in [6.45, 7) is 6.17. The maximum Gasteiger partial charge on any atom is 0.305 e. The minimum absolute atomic E-state index is 0.140. The summed E-state index contributed by atoms with van der Waals surface area (Å²) in [5.74, 6) is 0.212. The lowest BCUT2D eigenvalue weighted by Gasteiger charge is -2.12. The van der Waals surface area contributed by atoms with Crippen molar-refractivity contribution in [2.45, 2.75) is 206 Å². The van der Waals surface area contributed by atoms with Crippen molar-refractivity contribution in [3.63, 3.8) is 0 Å². The van der Waals surface area contributed by atoms with E-state index in [0.717, 1.165) is 70.1 Å². The summed E-state index contributed by atoms with van der Waals surface area (Å²) in [5.41, 5.74) is 0. The van der Waals surface area contributed by atoms with Crippen LogP contribution in [0.1, 0.15) is 194 Å². The van der Waals surface area contributed by atoms with Crippen molar-refractivity contribution in [3.8, 4) is 0 Å². The molecule has 0 bridgehead atoms. The fraction of sp³-hybridized carbons (Fsp3) is 0.778. The van der Waals surface area contributed by atoms with Gasteiger partial charge in [0.2, 0.25) is 0 Å². The SMILES string of the molecule is CC(C)CCCCCCCCCCCCCCCCCCC(=O)OC[C@H](O)COC(=O)CCC/C=C\C/C=C\C/C=C\C/C=C\CCC[C@@H](C)O. The molecule has 0 saturated carbocycles. The van der Waals surface area contributed by atoms with Gasteiger partial charge in [-0.05, 0) is 70.6 Å². The minimum atomic E-state index is -0.994. The molecular weight excluding hydrogens is 636 g/mol. The molecule has 0 unspecified atom stereocenters. The van der Waals surface area contributed by atoms with E-state index in [2.05, 4.69) is 62.5 Å². The number of hydrogen-bond acceptors (Lipinski definition) is 6. The molecule has 0 aromatic carbocycles. The van der Waals surface area contributed by atoms with Gasteiger partial charge in [0, 0.05) is 12.8 Å². The number of carbonyl (C=O) groups is 2. The standard InChI is InChI=1S/C45H80O6/c1-41(2)35-31-27-23-19-15-11-7-4-5-9-13-17-21-25-29-33-37-44(48)50-39-43(47)40-51-45(49)38-34-30-26-22-18-14-10-6-8-12-16-20-24-28-32-36-42(3)46/h8,10,12,14,20,22,24,26,41-43,46-47H,4-7,9,11,13,15-19,21,23,25,27-40H2,1-3H3/b12-8-,14-10-,24-20-,26-22-/t42-,43+/m1/s1. The predicted octanol–water partition coefficient (Wildman–Crippen LogP) is 12.2. The molecule has 0 aromatic rings. The maximum absolute atomic E-state index is 12.0. The van der Waals surface area contributed by atoms with Crippen molar-refractivity contribution in [1.82, 2.24) is 0 Å². The fourth-order valence-electron chi connectivity index (χ4n) is 5.81. The zero-order valence-electron chi connectivity index (χ0n) is 33.4. The Bertz CT molecular complexity index is 887. The molecule has 51 heavy (non-hydrogen) atoms. The number of hydrogen-bond donors (Lipinski definition) is 2. The van der Waals surface area contributed by atoms with E-state index >= 15 is 0 Å². The Hall–Kier alpha value is -2.18. The third-order valence-electron chi connectivity index (χ3n) is 9.01. The second-order valence-electron chi connectivity index (χ2n) is 14.9. The highest BCUT2D eigenvalue weighted by Gasteiger charge is 2.12. The number of rotatable bonds is 37. The van der Waals surface area contributed by atoms with Crippen molar-refractivity contribution >= 4 is 11.9 Å². The second kappa shape index (κ2) is 39.0. The highest BCUT2D eigenvalue weighted by Crippen LogP contribution is 2.15. The van der Waals surface area contributed by atoms with Crippen LogP contribution in [0.5, 0.6) is 0 Å². The largest absolute Gasteiger partial charge is 0.463 e. The van der Waals surface area contributed by atoms with Gasteiger partial charge >= 0.3 is 11.9 Å². The summed E-state index contributed by atoms with van der Waals surface area (Å²) in [6.07, 6.45) is 45.9. The van der Waals surface area contributed by atoms with E-state index in [9.17, 15) is 19.8 Å². The maximum atomic E-state index is 12.0. The molecule has 2 N–H and O–H groups in total. The Morgan fingerprint density at radius 1 is 0.451 bits per heavy atom. The van der Waals surface area contributed by atoms with E-state index < -0.39 is 6.10 Å². The number of unbranched alkanes of at least 4 members (excludes halogenated alkanes) is 17. The number of carbonyl (C=O) groups excluding carboxylic acids is 2. The van der Waals surface area contributed by atoms with Gasteiger partial charge < -0.3 is 19.7 Å². The summed E-state index contributed by atoms with van der Waals surface area (Å²) in [5, 5.41) is 19.3. The van der Waals surface area contributed by atoms with Crippen molar-refractivity contribution < 1.29 is 29.3 Å². The van der Waals surface area contributed by atoms with Crippen molar-refractivity contribution in [2.24, 2.45) is 5.92 Å². The highest BCUT2D eigenvalue weighted by molar-refractivity contribution is 5.69. The average Bonchev–Trinajstić information content (AvgIpc) is 3.10. The molecule has 6 heteroatoms. The minimum Gasteiger partial charge on any atom is -0.463 e. The van der Waals surface area contributed by atoms with E-state index in [0.29, 0.717) is 19.3 Å². The van der Waals surface area contributed by atoms with Gasteiger partial charge in [-0.15, -0.1) is 0 Å².